The predicted octanol–water partition coefficient (Wildman–Crippen LogP) is 4.83. The number of aliphatic hydroxyl groups excluding tert-OH is 1. The van der Waals surface area contributed by atoms with Crippen molar-refractivity contribution in [1.29, 1.82) is 0 Å². The first kappa shape index (κ1) is 19.8. The molecule has 5 rings (SSSR count). The number of Topliss-reactive ketones (excluding diaryl/α,β-unsaturated/α-hetero) is 1. The average molecular weight is 430 g/mol. The second kappa shape index (κ2) is 7.53. The molecule has 1 aliphatic rings. The second-order valence-electron chi connectivity index (χ2n) is 7.75. The summed E-state index contributed by atoms with van der Waals surface area (Å²) in [6, 6.07) is 15.6. The fourth-order valence-electron chi connectivity index (χ4n) is 4.14. The molecule has 3 heterocycles. The molecule has 0 radical (unpaired) electrons. The highest BCUT2D eigenvalue weighted by Crippen LogP contribution is 2.41. The number of carbonyl (C=O) groups excluding carboxylic acids is 2. The second-order valence-corrected chi connectivity index (χ2v) is 7.75. The lowest BCUT2D eigenvalue weighted by molar-refractivity contribution is -0.140. The molecular weight excluding hydrogens is 411 g/mol. The zero-order valence-corrected chi connectivity index (χ0v) is 17.1. The van der Waals surface area contributed by atoms with Crippen molar-refractivity contribution in [1.82, 2.24) is 9.88 Å². The van der Waals surface area contributed by atoms with Gasteiger partial charge in [0.2, 0.25) is 0 Å². The number of aryl methyl sites for hydroxylation is 1. The van der Waals surface area contributed by atoms with E-state index >= 15 is 0 Å². The number of nitrogens with zero attached hydrogens (tertiary/aromatic N) is 1. The first-order chi connectivity index (χ1) is 15.4. The highest BCUT2D eigenvalue weighted by atomic mass is 19.1. The number of carbonyl (C=O) groups is 2. The van der Waals surface area contributed by atoms with Gasteiger partial charge in [-0.1, -0.05) is 30.3 Å². The molecule has 0 spiro atoms. The number of furan rings is 1. The summed E-state index contributed by atoms with van der Waals surface area (Å²) in [5.74, 6) is -1.25. The van der Waals surface area contributed by atoms with Crippen LogP contribution < -0.4 is 0 Å². The van der Waals surface area contributed by atoms with Crippen LogP contribution in [0.15, 0.2) is 76.9 Å². The van der Waals surface area contributed by atoms with E-state index < -0.39 is 23.5 Å². The molecule has 0 saturated carbocycles. The lowest BCUT2D eigenvalue weighted by atomic mass is 9.99. The Labute approximate surface area is 182 Å². The first-order valence-corrected chi connectivity index (χ1v) is 10.1. The SMILES string of the molecule is Cc1ccc(C2/C(=C(/O)c3c[nH]c4ccccc34)C(=O)C(=O)N2Cc2ccc(F)cc2)o1. The largest absolute Gasteiger partial charge is 0.507 e. The zero-order chi connectivity index (χ0) is 22.4. The normalized spacial score (nSPS) is 18.1. The van der Waals surface area contributed by atoms with Crippen molar-refractivity contribution >= 4 is 28.4 Å². The number of benzene rings is 2. The van der Waals surface area contributed by atoms with Crippen LogP contribution in [0.5, 0.6) is 0 Å². The molecular formula is C25H19FN2O4. The number of ketones is 1. The van der Waals surface area contributed by atoms with Crippen molar-refractivity contribution in [3.63, 3.8) is 0 Å². The van der Waals surface area contributed by atoms with E-state index in [2.05, 4.69) is 4.98 Å². The molecule has 1 fully saturated rings. The minimum Gasteiger partial charge on any atom is -0.507 e. The molecule has 2 aromatic heterocycles. The molecule has 2 N–H and O–H groups in total. The van der Waals surface area contributed by atoms with Gasteiger partial charge in [0, 0.05) is 29.2 Å². The van der Waals surface area contributed by atoms with E-state index in [9.17, 15) is 19.1 Å². The topological polar surface area (TPSA) is 86.5 Å². The third-order valence-corrected chi connectivity index (χ3v) is 5.68. The molecule has 1 unspecified atom stereocenters. The number of likely N-dealkylation sites (tertiary alicyclic amines) is 1. The molecule has 2 aromatic carbocycles. The number of halogens is 1. The molecule has 0 bridgehead atoms. The number of hydrogen-bond donors (Lipinski definition) is 2. The van der Waals surface area contributed by atoms with Crippen LogP contribution >= 0.6 is 0 Å². The van der Waals surface area contributed by atoms with Crippen LogP contribution in [0.3, 0.4) is 0 Å². The molecule has 0 aliphatic carbocycles. The van der Waals surface area contributed by atoms with Crippen molar-refractivity contribution in [2.75, 3.05) is 0 Å². The van der Waals surface area contributed by atoms with Gasteiger partial charge < -0.3 is 19.4 Å². The molecule has 32 heavy (non-hydrogen) atoms. The Balaban J connectivity index is 1.66. The van der Waals surface area contributed by atoms with Gasteiger partial charge in [0.25, 0.3) is 11.7 Å². The maximum absolute atomic E-state index is 13.3. The summed E-state index contributed by atoms with van der Waals surface area (Å²) in [7, 11) is 0. The monoisotopic (exact) mass is 430 g/mol. The van der Waals surface area contributed by atoms with Gasteiger partial charge in [-0.25, -0.2) is 4.39 Å². The minimum absolute atomic E-state index is 0.0452. The van der Waals surface area contributed by atoms with E-state index in [0.29, 0.717) is 22.6 Å². The van der Waals surface area contributed by atoms with E-state index in [4.69, 9.17) is 4.42 Å². The van der Waals surface area contributed by atoms with Crippen molar-refractivity contribution in [3.8, 4) is 0 Å². The lowest BCUT2D eigenvalue weighted by Crippen LogP contribution is -2.29. The average Bonchev–Trinajstić information content (AvgIpc) is 3.47. The smallest absolute Gasteiger partial charge is 0.296 e. The fraction of sp³-hybridized carbons (Fsp3) is 0.120. The van der Waals surface area contributed by atoms with E-state index in [1.54, 1.807) is 37.4 Å². The summed E-state index contributed by atoms with van der Waals surface area (Å²) in [5.41, 5.74) is 1.82. The van der Waals surface area contributed by atoms with Gasteiger partial charge in [-0.15, -0.1) is 0 Å². The first-order valence-electron chi connectivity index (χ1n) is 10.1. The Morgan fingerprint density at radius 3 is 2.56 bits per heavy atom. The Morgan fingerprint density at radius 1 is 1.09 bits per heavy atom. The summed E-state index contributed by atoms with van der Waals surface area (Å²) in [4.78, 5) is 30.5. The number of aromatic nitrogens is 1. The zero-order valence-electron chi connectivity index (χ0n) is 17.1. The molecule has 1 atom stereocenters. The Morgan fingerprint density at radius 2 is 1.84 bits per heavy atom. The van der Waals surface area contributed by atoms with Gasteiger partial charge in [0.1, 0.15) is 29.1 Å². The number of aromatic amines is 1. The molecule has 7 heteroatoms. The summed E-state index contributed by atoms with van der Waals surface area (Å²) in [6.45, 7) is 1.81. The molecule has 1 amide bonds. The standard InChI is InChI=1S/C25H19FN2O4/c1-14-6-11-20(32-14)22-21(23(29)18-12-27-19-5-3-2-4-17(18)19)24(30)25(31)28(22)13-15-7-9-16(26)10-8-15/h2-12,22,27,29H,13H2,1H3/b23-21-. The van der Waals surface area contributed by atoms with Crippen molar-refractivity contribution in [2.45, 2.75) is 19.5 Å². The van der Waals surface area contributed by atoms with Crippen LogP contribution in [-0.4, -0.2) is 26.7 Å². The van der Waals surface area contributed by atoms with Crippen molar-refractivity contribution < 1.29 is 23.5 Å². The number of para-hydroxylation sites is 1. The van der Waals surface area contributed by atoms with Crippen LogP contribution in [0, 0.1) is 12.7 Å². The van der Waals surface area contributed by atoms with Gasteiger partial charge in [0.05, 0.1) is 5.57 Å². The minimum atomic E-state index is -0.914. The van der Waals surface area contributed by atoms with E-state index in [1.807, 2.05) is 24.3 Å². The lowest BCUT2D eigenvalue weighted by Gasteiger charge is -2.23. The molecule has 1 aliphatic heterocycles. The Hall–Kier alpha value is -4.13. The third kappa shape index (κ3) is 3.19. The van der Waals surface area contributed by atoms with E-state index in [1.165, 1.54) is 17.0 Å². The quantitative estimate of drug-likeness (QED) is 0.276. The van der Waals surface area contributed by atoms with Crippen LogP contribution in [-0.2, 0) is 16.1 Å². The van der Waals surface area contributed by atoms with Crippen LogP contribution in [0.4, 0.5) is 4.39 Å². The van der Waals surface area contributed by atoms with Gasteiger partial charge >= 0.3 is 0 Å². The van der Waals surface area contributed by atoms with Gasteiger partial charge in [-0.05, 0) is 42.8 Å². The maximum atomic E-state index is 13.3. The molecule has 6 nitrogen and oxygen atoms in total. The van der Waals surface area contributed by atoms with Gasteiger partial charge in [-0.2, -0.15) is 0 Å². The summed E-state index contributed by atoms with van der Waals surface area (Å²) in [6.07, 6.45) is 1.61. The van der Waals surface area contributed by atoms with E-state index in [0.717, 1.165) is 10.9 Å². The molecule has 4 aromatic rings. The number of H-pyrrole nitrogens is 1. The maximum Gasteiger partial charge on any atom is 0.296 e. The number of fused-ring (bicyclic) bond motifs is 1. The highest BCUT2D eigenvalue weighted by molar-refractivity contribution is 6.46. The van der Waals surface area contributed by atoms with Crippen molar-refractivity contribution in [2.24, 2.45) is 0 Å². The van der Waals surface area contributed by atoms with Crippen molar-refractivity contribution in [3.05, 3.63) is 101 Å². The highest BCUT2D eigenvalue weighted by Gasteiger charge is 2.47. The fourth-order valence-corrected chi connectivity index (χ4v) is 4.14. The molecule has 1 saturated heterocycles. The molecule has 160 valence electrons. The number of hydrogen-bond acceptors (Lipinski definition) is 4. The Kier molecular flexibility index (Phi) is 4.66. The van der Waals surface area contributed by atoms with Crippen LogP contribution in [0.2, 0.25) is 0 Å². The Bertz CT molecular complexity index is 1380. The van der Waals surface area contributed by atoms with Gasteiger partial charge in [-0.3, -0.25) is 9.59 Å². The number of rotatable bonds is 4. The number of amides is 1. The predicted molar refractivity (Wildman–Crippen MR) is 116 cm³/mol. The van der Waals surface area contributed by atoms with E-state index in [-0.39, 0.29) is 17.9 Å². The summed E-state index contributed by atoms with van der Waals surface area (Å²) in [5, 5.41) is 11.9. The third-order valence-electron chi connectivity index (χ3n) is 5.68. The van der Waals surface area contributed by atoms with Gasteiger partial charge in [0.15, 0.2) is 0 Å². The summed E-state index contributed by atoms with van der Waals surface area (Å²) < 4.78 is 19.1. The van der Waals surface area contributed by atoms with Crippen LogP contribution in [0.25, 0.3) is 16.7 Å². The number of nitrogens with one attached hydrogen (secondary N) is 1. The summed E-state index contributed by atoms with van der Waals surface area (Å²) >= 11 is 0. The van der Waals surface area contributed by atoms with Crippen LogP contribution in [0.1, 0.15) is 28.7 Å². The number of aliphatic hydroxyl groups is 1.